The molecule has 0 saturated carbocycles. The first kappa shape index (κ1) is 20.1. The number of non-ortho nitro benzene ring substituents is 1. The molecule has 0 aliphatic rings. The number of rotatable bonds is 6. The molecule has 0 heterocycles. The lowest BCUT2D eigenvalue weighted by atomic mass is 9.97. The molecule has 0 atom stereocenters. The van der Waals surface area contributed by atoms with Crippen molar-refractivity contribution in [1.82, 2.24) is 0 Å². The fourth-order valence-electron chi connectivity index (χ4n) is 3.09. The molecule has 2 rings (SSSR count). The molecule has 142 valence electrons. The average molecular weight is 370 g/mol. The number of hydrogen-bond donors (Lipinski definition) is 0. The first-order chi connectivity index (χ1) is 12.6. The number of carbonyl (C=O) groups excluding carboxylic acids is 2. The second-order valence-electron chi connectivity index (χ2n) is 6.63. The summed E-state index contributed by atoms with van der Waals surface area (Å²) in [5.41, 5.74) is 3.51. The summed E-state index contributed by atoms with van der Waals surface area (Å²) < 4.78 is 5.17. The minimum Gasteiger partial charge on any atom is -0.454 e. The van der Waals surface area contributed by atoms with Gasteiger partial charge in [-0.2, -0.15) is 0 Å². The molecule has 7 heteroatoms. The maximum atomic E-state index is 12.5. The molecule has 0 amide bonds. The Kier molecular flexibility index (Phi) is 5.95. The van der Waals surface area contributed by atoms with E-state index in [0.29, 0.717) is 11.3 Å². The van der Waals surface area contributed by atoms with Gasteiger partial charge in [-0.25, -0.2) is 4.79 Å². The van der Waals surface area contributed by atoms with Crippen molar-refractivity contribution in [3.63, 3.8) is 0 Å². The van der Waals surface area contributed by atoms with Gasteiger partial charge in [0, 0.05) is 31.8 Å². The van der Waals surface area contributed by atoms with Crippen LogP contribution in [0, 0.1) is 30.9 Å². The van der Waals surface area contributed by atoms with Gasteiger partial charge in [-0.05, 0) is 38.0 Å². The maximum Gasteiger partial charge on any atom is 0.340 e. The van der Waals surface area contributed by atoms with E-state index in [9.17, 15) is 19.7 Å². The molecule has 0 aliphatic heterocycles. The average Bonchev–Trinajstić information content (AvgIpc) is 2.57. The highest BCUT2D eigenvalue weighted by molar-refractivity contribution is 6.02. The second-order valence-corrected chi connectivity index (χ2v) is 6.63. The zero-order chi connectivity index (χ0) is 20.3. The van der Waals surface area contributed by atoms with Gasteiger partial charge in [0.25, 0.3) is 5.69 Å². The first-order valence-electron chi connectivity index (χ1n) is 8.35. The number of aryl methyl sites for hydroxylation is 3. The van der Waals surface area contributed by atoms with Crippen molar-refractivity contribution in [2.24, 2.45) is 0 Å². The number of ether oxygens (including phenoxy) is 1. The molecule has 0 aromatic heterocycles. The van der Waals surface area contributed by atoms with E-state index >= 15 is 0 Å². The van der Waals surface area contributed by atoms with Gasteiger partial charge in [0.1, 0.15) is 0 Å². The summed E-state index contributed by atoms with van der Waals surface area (Å²) in [5.74, 6) is -1.09. The number of benzene rings is 2. The number of carbonyl (C=O) groups is 2. The fourth-order valence-corrected chi connectivity index (χ4v) is 3.09. The molecule has 0 N–H and O–H groups in total. The lowest BCUT2D eigenvalue weighted by Crippen LogP contribution is -2.19. The summed E-state index contributed by atoms with van der Waals surface area (Å²) in [6.07, 6.45) is 0. The number of esters is 1. The Morgan fingerprint density at radius 3 is 2.19 bits per heavy atom. The first-order valence-corrected chi connectivity index (χ1v) is 8.35. The third kappa shape index (κ3) is 4.49. The Labute approximate surface area is 157 Å². The zero-order valence-electron chi connectivity index (χ0n) is 16.0. The highest BCUT2D eigenvalue weighted by Gasteiger charge is 2.21. The summed E-state index contributed by atoms with van der Waals surface area (Å²) in [4.78, 5) is 37.1. The summed E-state index contributed by atoms with van der Waals surface area (Å²) >= 11 is 0. The van der Waals surface area contributed by atoms with Crippen LogP contribution >= 0.6 is 0 Å². The molecule has 0 fully saturated rings. The molecule has 0 bridgehead atoms. The molecule has 0 saturated heterocycles. The number of anilines is 1. The van der Waals surface area contributed by atoms with Gasteiger partial charge >= 0.3 is 5.97 Å². The van der Waals surface area contributed by atoms with Gasteiger partial charge in [-0.15, -0.1) is 0 Å². The van der Waals surface area contributed by atoms with Gasteiger partial charge in [-0.3, -0.25) is 14.9 Å². The van der Waals surface area contributed by atoms with Crippen molar-refractivity contribution < 1.29 is 19.2 Å². The third-order valence-corrected chi connectivity index (χ3v) is 4.18. The molecule has 0 radical (unpaired) electrons. The van der Waals surface area contributed by atoms with Crippen LogP contribution in [0.25, 0.3) is 0 Å². The minimum atomic E-state index is -0.779. The summed E-state index contributed by atoms with van der Waals surface area (Å²) in [6.45, 7) is 5.18. The van der Waals surface area contributed by atoms with Crippen LogP contribution in [0.15, 0.2) is 30.3 Å². The molecule has 2 aromatic rings. The highest BCUT2D eigenvalue weighted by atomic mass is 16.6. The molecule has 0 spiro atoms. The van der Waals surface area contributed by atoms with Crippen LogP contribution in [0.2, 0.25) is 0 Å². The third-order valence-electron chi connectivity index (χ3n) is 4.18. The van der Waals surface area contributed by atoms with Gasteiger partial charge < -0.3 is 9.64 Å². The fraction of sp³-hybridized carbons (Fsp3) is 0.300. The predicted octanol–water partition coefficient (Wildman–Crippen LogP) is 3.63. The Morgan fingerprint density at radius 1 is 1.07 bits per heavy atom. The zero-order valence-corrected chi connectivity index (χ0v) is 16.0. The van der Waals surface area contributed by atoms with Crippen molar-refractivity contribution >= 4 is 23.1 Å². The predicted molar refractivity (Wildman–Crippen MR) is 103 cm³/mol. The van der Waals surface area contributed by atoms with E-state index in [1.807, 2.05) is 32.9 Å². The minimum absolute atomic E-state index is 0.0411. The summed E-state index contributed by atoms with van der Waals surface area (Å²) in [5, 5.41) is 11.0. The van der Waals surface area contributed by atoms with E-state index in [1.165, 1.54) is 12.1 Å². The van der Waals surface area contributed by atoms with E-state index in [1.54, 1.807) is 19.0 Å². The van der Waals surface area contributed by atoms with Crippen LogP contribution in [0.1, 0.15) is 37.4 Å². The van der Waals surface area contributed by atoms with Crippen molar-refractivity contribution in [3.05, 3.63) is 68.3 Å². The number of nitrogens with zero attached hydrogens (tertiary/aromatic N) is 2. The number of nitro benzene ring substituents is 1. The lowest BCUT2D eigenvalue weighted by molar-refractivity contribution is -0.384. The van der Waals surface area contributed by atoms with Gasteiger partial charge in [-0.1, -0.05) is 17.7 Å². The molecular formula is C20H22N2O5. The molecule has 27 heavy (non-hydrogen) atoms. The molecule has 0 aliphatic carbocycles. The van der Waals surface area contributed by atoms with E-state index in [2.05, 4.69) is 0 Å². The molecule has 7 nitrogen and oxygen atoms in total. The van der Waals surface area contributed by atoms with Crippen molar-refractivity contribution in [3.8, 4) is 0 Å². The van der Waals surface area contributed by atoms with Crippen molar-refractivity contribution in [1.29, 1.82) is 0 Å². The van der Waals surface area contributed by atoms with Crippen LogP contribution < -0.4 is 4.90 Å². The van der Waals surface area contributed by atoms with Crippen LogP contribution in [0.4, 0.5) is 11.4 Å². The lowest BCUT2D eigenvalue weighted by Gasteiger charge is -2.16. The van der Waals surface area contributed by atoms with Gasteiger partial charge in [0.15, 0.2) is 6.61 Å². The normalized spacial score (nSPS) is 10.4. The van der Waals surface area contributed by atoms with Gasteiger partial charge in [0.05, 0.1) is 16.2 Å². The maximum absolute atomic E-state index is 12.5. The highest BCUT2D eigenvalue weighted by Crippen LogP contribution is 2.25. The Balaban J connectivity index is 2.24. The Hall–Kier alpha value is -3.22. The smallest absolute Gasteiger partial charge is 0.340 e. The van der Waals surface area contributed by atoms with Crippen molar-refractivity contribution in [2.75, 3.05) is 25.6 Å². The second kappa shape index (κ2) is 7.99. The number of hydrogen-bond acceptors (Lipinski definition) is 6. The Morgan fingerprint density at radius 2 is 1.67 bits per heavy atom. The number of Topliss-reactive ketones (excluding diaryl/α,β-unsaturated/α-hetero) is 1. The standard InChI is InChI=1S/C20H22N2O5/c1-12-8-13(2)19(14(3)9-12)18(23)11-27-20(24)16-10-15(22(25)26)6-7-17(16)21(4)5/h6-10H,11H2,1-5H3. The van der Waals surface area contributed by atoms with Crippen LogP contribution in [-0.4, -0.2) is 37.4 Å². The number of nitro groups is 1. The van der Waals surface area contributed by atoms with E-state index in [4.69, 9.17) is 4.74 Å². The Bertz CT molecular complexity index is 896. The number of ketones is 1. The largest absolute Gasteiger partial charge is 0.454 e. The summed E-state index contributed by atoms with van der Waals surface area (Å²) in [6, 6.07) is 7.74. The van der Waals surface area contributed by atoms with Gasteiger partial charge in [0.2, 0.25) is 5.78 Å². The van der Waals surface area contributed by atoms with Crippen LogP contribution in [0.3, 0.4) is 0 Å². The molecule has 0 unspecified atom stereocenters. The SMILES string of the molecule is Cc1cc(C)c(C(=O)COC(=O)c2cc([N+](=O)[O-])ccc2N(C)C)c(C)c1. The van der Waals surface area contributed by atoms with E-state index < -0.39 is 17.5 Å². The quantitative estimate of drug-likeness (QED) is 0.334. The monoisotopic (exact) mass is 370 g/mol. The molecule has 2 aromatic carbocycles. The molecular weight excluding hydrogens is 348 g/mol. The topological polar surface area (TPSA) is 89.8 Å². The van der Waals surface area contributed by atoms with E-state index in [-0.39, 0.29) is 17.0 Å². The van der Waals surface area contributed by atoms with Crippen LogP contribution in [0.5, 0.6) is 0 Å². The van der Waals surface area contributed by atoms with Crippen molar-refractivity contribution in [2.45, 2.75) is 20.8 Å². The summed E-state index contributed by atoms with van der Waals surface area (Å²) in [7, 11) is 3.42. The van der Waals surface area contributed by atoms with E-state index in [0.717, 1.165) is 22.8 Å². The van der Waals surface area contributed by atoms with Crippen LogP contribution in [-0.2, 0) is 4.74 Å².